The van der Waals surface area contributed by atoms with Crippen LogP contribution in [0.25, 0.3) is 0 Å². The third-order valence-corrected chi connectivity index (χ3v) is 3.54. The van der Waals surface area contributed by atoms with Gasteiger partial charge in [-0.25, -0.2) is 4.98 Å². The van der Waals surface area contributed by atoms with E-state index in [1.807, 2.05) is 13.8 Å². The molecule has 1 rings (SSSR count). The number of aromatic amines is 1. The summed E-state index contributed by atoms with van der Waals surface area (Å²) in [6.45, 7) is 13.8. The van der Waals surface area contributed by atoms with Crippen molar-refractivity contribution in [2.24, 2.45) is 17.8 Å². The van der Waals surface area contributed by atoms with Gasteiger partial charge in [0.15, 0.2) is 0 Å². The monoisotopic (exact) mass is 265 g/mol. The lowest BCUT2D eigenvalue weighted by molar-refractivity contribution is 0.304. The van der Waals surface area contributed by atoms with Gasteiger partial charge in [-0.3, -0.25) is 4.79 Å². The highest BCUT2D eigenvalue weighted by molar-refractivity contribution is 5.33. The second kappa shape index (κ2) is 6.73. The summed E-state index contributed by atoms with van der Waals surface area (Å²) in [7, 11) is 0. The minimum atomic E-state index is -0.0909. The van der Waals surface area contributed by atoms with E-state index in [0.29, 0.717) is 23.6 Å². The van der Waals surface area contributed by atoms with Crippen LogP contribution in [0.15, 0.2) is 10.9 Å². The number of rotatable bonds is 6. The van der Waals surface area contributed by atoms with Gasteiger partial charge >= 0.3 is 0 Å². The molecule has 0 spiro atoms. The van der Waals surface area contributed by atoms with Gasteiger partial charge in [-0.1, -0.05) is 41.5 Å². The molecule has 0 fully saturated rings. The van der Waals surface area contributed by atoms with E-state index in [1.54, 1.807) is 0 Å². The highest BCUT2D eigenvalue weighted by Gasteiger charge is 2.17. The second-order valence-corrected chi connectivity index (χ2v) is 6.20. The van der Waals surface area contributed by atoms with Crippen molar-refractivity contribution in [1.29, 1.82) is 0 Å². The first-order chi connectivity index (χ1) is 8.81. The molecule has 4 nitrogen and oxygen atoms in total. The lowest BCUT2D eigenvalue weighted by Gasteiger charge is -2.25. The largest absolute Gasteiger partial charge is 0.370 e. The number of hydrogen-bond acceptors (Lipinski definition) is 3. The molecule has 1 heterocycles. The number of nitrogens with zero attached hydrogens (tertiary/aromatic N) is 1. The number of nitrogens with one attached hydrogen (secondary N) is 2. The van der Waals surface area contributed by atoms with Crippen LogP contribution in [0.5, 0.6) is 0 Å². The van der Waals surface area contributed by atoms with Crippen molar-refractivity contribution in [3.8, 4) is 0 Å². The van der Waals surface area contributed by atoms with Gasteiger partial charge in [-0.15, -0.1) is 0 Å². The Morgan fingerprint density at radius 2 is 1.74 bits per heavy atom. The Morgan fingerprint density at radius 1 is 1.16 bits per heavy atom. The highest BCUT2D eigenvalue weighted by atomic mass is 16.1. The third kappa shape index (κ3) is 4.69. The molecule has 0 bridgehead atoms. The van der Waals surface area contributed by atoms with Crippen LogP contribution in [0.4, 0.5) is 5.82 Å². The number of anilines is 1. The zero-order valence-corrected chi connectivity index (χ0v) is 12.9. The molecule has 0 radical (unpaired) electrons. The molecule has 0 aliphatic carbocycles. The first kappa shape index (κ1) is 15.7. The van der Waals surface area contributed by atoms with Gasteiger partial charge < -0.3 is 10.3 Å². The molecule has 0 aliphatic heterocycles. The summed E-state index contributed by atoms with van der Waals surface area (Å²) in [5, 5.41) is 3.31. The summed E-state index contributed by atoms with van der Waals surface area (Å²) in [6, 6.07) is 1.53. The molecule has 0 amide bonds. The van der Waals surface area contributed by atoms with E-state index >= 15 is 0 Å². The minimum Gasteiger partial charge on any atom is -0.370 e. The SMILES string of the molecule is CC(C)c1nc(NCC(C(C)C)C(C)C)cc(=O)[nH]1. The smallest absolute Gasteiger partial charge is 0.252 e. The van der Waals surface area contributed by atoms with Crippen molar-refractivity contribution >= 4 is 5.82 Å². The van der Waals surface area contributed by atoms with E-state index in [1.165, 1.54) is 6.07 Å². The summed E-state index contributed by atoms with van der Waals surface area (Å²) >= 11 is 0. The average molecular weight is 265 g/mol. The molecule has 1 aromatic rings. The molecule has 0 saturated carbocycles. The Balaban J connectivity index is 2.80. The maximum Gasteiger partial charge on any atom is 0.252 e. The summed E-state index contributed by atoms with van der Waals surface area (Å²) in [6.07, 6.45) is 0. The summed E-state index contributed by atoms with van der Waals surface area (Å²) in [5.41, 5.74) is -0.0909. The number of hydrogen-bond donors (Lipinski definition) is 2. The molecule has 0 atom stereocenters. The molecule has 108 valence electrons. The highest BCUT2D eigenvalue weighted by Crippen LogP contribution is 2.20. The van der Waals surface area contributed by atoms with Crippen LogP contribution in [0.1, 0.15) is 53.3 Å². The fourth-order valence-electron chi connectivity index (χ4n) is 2.30. The number of aromatic nitrogens is 2. The van der Waals surface area contributed by atoms with E-state index < -0.39 is 0 Å². The molecule has 4 heteroatoms. The van der Waals surface area contributed by atoms with Crippen molar-refractivity contribution in [2.75, 3.05) is 11.9 Å². The Bertz CT molecular complexity index is 441. The fraction of sp³-hybridized carbons (Fsp3) is 0.733. The maximum atomic E-state index is 11.6. The second-order valence-electron chi connectivity index (χ2n) is 6.20. The quantitative estimate of drug-likeness (QED) is 0.830. The maximum absolute atomic E-state index is 11.6. The lowest BCUT2D eigenvalue weighted by Crippen LogP contribution is -2.25. The summed E-state index contributed by atoms with van der Waals surface area (Å²) in [5.74, 6) is 3.43. The van der Waals surface area contributed by atoms with E-state index in [0.717, 1.165) is 12.4 Å². The first-order valence-electron chi connectivity index (χ1n) is 7.16. The van der Waals surface area contributed by atoms with Gasteiger partial charge in [0, 0.05) is 18.5 Å². The van der Waals surface area contributed by atoms with E-state index in [9.17, 15) is 4.79 Å². The zero-order valence-electron chi connectivity index (χ0n) is 12.9. The van der Waals surface area contributed by atoms with Crippen LogP contribution in [0, 0.1) is 17.8 Å². The average Bonchev–Trinajstić information content (AvgIpc) is 2.27. The predicted octanol–water partition coefficient (Wildman–Crippen LogP) is 3.23. The van der Waals surface area contributed by atoms with Gasteiger partial charge in [-0.05, 0) is 17.8 Å². The van der Waals surface area contributed by atoms with Crippen LogP contribution < -0.4 is 10.9 Å². The van der Waals surface area contributed by atoms with Crippen molar-refractivity contribution in [3.05, 3.63) is 22.2 Å². The Kier molecular flexibility index (Phi) is 5.58. The van der Waals surface area contributed by atoms with Crippen molar-refractivity contribution in [2.45, 2.75) is 47.5 Å². The summed E-state index contributed by atoms with van der Waals surface area (Å²) < 4.78 is 0. The van der Waals surface area contributed by atoms with Crippen LogP contribution in [0.3, 0.4) is 0 Å². The van der Waals surface area contributed by atoms with E-state index in [-0.39, 0.29) is 11.5 Å². The van der Waals surface area contributed by atoms with Crippen molar-refractivity contribution < 1.29 is 0 Å². The topological polar surface area (TPSA) is 57.8 Å². The fourth-order valence-corrected chi connectivity index (χ4v) is 2.30. The Hall–Kier alpha value is -1.32. The molecular weight excluding hydrogens is 238 g/mol. The molecule has 0 aliphatic rings. The first-order valence-corrected chi connectivity index (χ1v) is 7.16. The standard InChI is InChI=1S/C15H27N3O/c1-9(2)12(10(3)4)8-16-13-7-14(19)18-15(17-13)11(5)6/h7,9-12H,8H2,1-6H3,(H2,16,17,18,19). The van der Waals surface area contributed by atoms with Crippen LogP contribution in [-0.2, 0) is 0 Å². The van der Waals surface area contributed by atoms with E-state index in [2.05, 4.69) is 43.0 Å². The number of H-pyrrole nitrogens is 1. The van der Waals surface area contributed by atoms with Gasteiger partial charge in [0.1, 0.15) is 11.6 Å². The molecule has 0 aromatic carbocycles. The predicted molar refractivity (Wildman–Crippen MR) is 80.6 cm³/mol. The van der Waals surface area contributed by atoms with Crippen LogP contribution in [-0.4, -0.2) is 16.5 Å². The van der Waals surface area contributed by atoms with Crippen LogP contribution >= 0.6 is 0 Å². The minimum absolute atomic E-state index is 0.0909. The molecule has 1 aromatic heterocycles. The molecule has 0 saturated heterocycles. The van der Waals surface area contributed by atoms with Gasteiger partial charge in [-0.2, -0.15) is 0 Å². The third-order valence-electron chi connectivity index (χ3n) is 3.54. The van der Waals surface area contributed by atoms with Crippen molar-refractivity contribution in [1.82, 2.24) is 9.97 Å². The normalized spacial score (nSPS) is 11.9. The van der Waals surface area contributed by atoms with Gasteiger partial charge in [0.25, 0.3) is 5.56 Å². The van der Waals surface area contributed by atoms with Gasteiger partial charge in [0.05, 0.1) is 0 Å². The Morgan fingerprint density at radius 3 is 2.21 bits per heavy atom. The zero-order chi connectivity index (χ0) is 14.6. The summed E-state index contributed by atoms with van der Waals surface area (Å²) in [4.78, 5) is 18.8. The van der Waals surface area contributed by atoms with Crippen LogP contribution in [0.2, 0.25) is 0 Å². The molecule has 2 N–H and O–H groups in total. The van der Waals surface area contributed by atoms with E-state index in [4.69, 9.17) is 0 Å². The lowest BCUT2D eigenvalue weighted by atomic mass is 9.85. The molecule has 19 heavy (non-hydrogen) atoms. The molecule has 0 unspecified atom stereocenters. The van der Waals surface area contributed by atoms with Gasteiger partial charge in [0.2, 0.25) is 0 Å². The molecular formula is C15H27N3O. The Labute approximate surface area is 116 Å². The van der Waals surface area contributed by atoms with Crippen molar-refractivity contribution in [3.63, 3.8) is 0 Å².